The van der Waals surface area contributed by atoms with Crippen LogP contribution in [0.1, 0.15) is 71.6 Å². The topological polar surface area (TPSA) is 188 Å². The number of aliphatic hydroxyl groups is 3. The Hall–Kier alpha value is -2.63. The van der Waals surface area contributed by atoms with Gasteiger partial charge in [0.2, 0.25) is 11.7 Å². The third kappa shape index (κ3) is 5.04. The average molecular weight is 550 g/mol. The number of ketones is 2. The van der Waals surface area contributed by atoms with Gasteiger partial charge in [-0.2, -0.15) is 0 Å². The van der Waals surface area contributed by atoms with E-state index in [9.17, 15) is 34.2 Å². The molecule has 0 aromatic heterocycles. The minimum absolute atomic E-state index is 0.0102. The summed E-state index contributed by atoms with van der Waals surface area (Å²) in [6.45, 7) is 2.49. The number of rotatable bonds is 9. The van der Waals surface area contributed by atoms with Crippen molar-refractivity contribution in [3.63, 3.8) is 0 Å². The molecule has 5 N–H and O–H groups in total. The first kappa shape index (κ1) is 29.4. The summed E-state index contributed by atoms with van der Waals surface area (Å²) in [6, 6.07) is -1.49. The molecule has 0 aromatic carbocycles. The summed E-state index contributed by atoms with van der Waals surface area (Å²) in [5.41, 5.74) is -1.88. The largest absolute Gasteiger partial charge is 0.480 e. The van der Waals surface area contributed by atoms with Crippen molar-refractivity contribution in [1.82, 2.24) is 5.32 Å². The Bertz CT molecular complexity index is 1090. The number of Topliss-reactive ketones (excluding diaryl/α,β-unsaturated/α-hetero) is 1. The fraction of sp³-hybridized carbons (Fsp3) is 0.750. The van der Waals surface area contributed by atoms with Gasteiger partial charge in [-0.05, 0) is 67.8 Å². The van der Waals surface area contributed by atoms with Crippen molar-refractivity contribution in [1.29, 1.82) is 0 Å². The van der Waals surface area contributed by atoms with Crippen LogP contribution in [-0.4, -0.2) is 80.8 Å². The molecule has 0 aliphatic heterocycles. The van der Waals surface area contributed by atoms with E-state index in [-0.39, 0.29) is 41.8 Å². The van der Waals surface area contributed by atoms with E-state index in [1.807, 2.05) is 6.92 Å². The minimum Gasteiger partial charge on any atom is -0.480 e. The van der Waals surface area contributed by atoms with Gasteiger partial charge in [0.25, 0.3) is 0 Å². The van der Waals surface area contributed by atoms with Crippen molar-refractivity contribution in [2.24, 2.45) is 28.6 Å². The maximum Gasteiger partial charge on any atom is 0.328 e. The predicted molar refractivity (Wildman–Crippen MR) is 135 cm³/mol. The van der Waals surface area contributed by atoms with E-state index < -0.39 is 72.8 Å². The molecular formula is C28H39NO10. The summed E-state index contributed by atoms with van der Waals surface area (Å²) in [7, 11) is 0. The van der Waals surface area contributed by atoms with Crippen LogP contribution in [0.4, 0.5) is 0 Å². The SMILES string of the molecule is C[C@]12CCC(=O)C=C1CCC1C2C(O)C[C@@]2(C)C1CC[C@]2(O)C(=O)COC(=O)CCC(=O)NC(CO)C(=O)O. The van der Waals surface area contributed by atoms with Gasteiger partial charge >= 0.3 is 11.9 Å². The number of carbonyl (C=O) groups is 5. The van der Waals surface area contributed by atoms with Gasteiger partial charge in [-0.15, -0.1) is 0 Å². The van der Waals surface area contributed by atoms with Crippen LogP contribution in [0.2, 0.25) is 0 Å². The summed E-state index contributed by atoms with van der Waals surface area (Å²) in [5.74, 6) is -3.53. The van der Waals surface area contributed by atoms with E-state index in [0.29, 0.717) is 19.3 Å². The Morgan fingerprint density at radius 1 is 1.13 bits per heavy atom. The maximum atomic E-state index is 13.3. The van der Waals surface area contributed by atoms with Gasteiger partial charge in [0.15, 0.2) is 12.4 Å². The lowest BCUT2D eigenvalue weighted by molar-refractivity contribution is -0.184. The van der Waals surface area contributed by atoms with Crippen molar-refractivity contribution >= 4 is 29.4 Å². The van der Waals surface area contributed by atoms with Crippen LogP contribution < -0.4 is 5.32 Å². The number of carbonyl (C=O) groups excluding carboxylic acids is 4. The second-order valence-corrected chi connectivity index (χ2v) is 12.2. The van der Waals surface area contributed by atoms with Crippen molar-refractivity contribution in [2.45, 2.75) is 89.4 Å². The van der Waals surface area contributed by atoms with E-state index in [0.717, 1.165) is 18.4 Å². The van der Waals surface area contributed by atoms with Crippen LogP contribution >= 0.6 is 0 Å². The third-order valence-corrected chi connectivity index (χ3v) is 10.2. The summed E-state index contributed by atoms with van der Waals surface area (Å²) < 4.78 is 5.07. The quantitative estimate of drug-likeness (QED) is 0.256. The van der Waals surface area contributed by atoms with Gasteiger partial charge in [-0.25, -0.2) is 4.79 Å². The molecule has 3 saturated carbocycles. The molecule has 5 unspecified atom stereocenters. The lowest BCUT2D eigenvalue weighted by atomic mass is 9.45. The molecule has 0 saturated heterocycles. The Labute approximate surface area is 227 Å². The third-order valence-electron chi connectivity index (χ3n) is 10.2. The highest BCUT2D eigenvalue weighted by molar-refractivity contribution is 5.92. The van der Waals surface area contributed by atoms with Crippen LogP contribution in [0.5, 0.6) is 0 Å². The van der Waals surface area contributed by atoms with Gasteiger partial charge in [-0.1, -0.05) is 19.4 Å². The van der Waals surface area contributed by atoms with E-state index in [2.05, 4.69) is 12.2 Å². The Balaban J connectivity index is 1.39. The molecule has 39 heavy (non-hydrogen) atoms. The standard InChI is InChI=1S/C28H39NO10/c1-26-9-7-16(31)11-15(26)3-4-17-18-8-10-28(38,27(18,2)12-20(32)24(17)26)21(33)14-39-23(35)6-5-22(34)29-19(13-30)25(36)37/h11,17-20,24,30,32,38H,3-10,12-14H2,1-2H3,(H,29,34)(H,36,37)/t17?,18?,19?,20?,24?,26-,27-,28-/m0/s1. The lowest BCUT2D eigenvalue weighted by Crippen LogP contribution is -2.62. The van der Waals surface area contributed by atoms with Crippen molar-refractivity contribution in [3.8, 4) is 0 Å². The van der Waals surface area contributed by atoms with Gasteiger partial charge in [0.05, 0.1) is 19.1 Å². The number of amides is 1. The second-order valence-electron chi connectivity index (χ2n) is 12.2. The molecule has 4 rings (SSSR count). The molecule has 11 nitrogen and oxygen atoms in total. The number of allylic oxidation sites excluding steroid dienone is 1. The zero-order valence-electron chi connectivity index (χ0n) is 22.5. The Morgan fingerprint density at radius 2 is 1.85 bits per heavy atom. The molecule has 0 radical (unpaired) electrons. The summed E-state index contributed by atoms with van der Waals surface area (Å²) in [5, 5.41) is 43.1. The molecule has 0 spiro atoms. The maximum absolute atomic E-state index is 13.3. The fourth-order valence-corrected chi connectivity index (χ4v) is 8.16. The van der Waals surface area contributed by atoms with Gasteiger partial charge < -0.3 is 30.5 Å². The van der Waals surface area contributed by atoms with Crippen LogP contribution in [0.25, 0.3) is 0 Å². The smallest absolute Gasteiger partial charge is 0.328 e. The van der Waals surface area contributed by atoms with Gasteiger partial charge in [-0.3, -0.25) is 19.2 Å². The number of fused-ring (bicyclic) bond motifs is 5. The zero-order valence-corrected chi connectivity index (χ0v) is 22.5. The molecule has 216 valence electrons. The molecule has 0 bridgehead atoms. The number of carboxylic acid groups (broad SMARTS) is 1. The summed E-state index contributed by atoms with van der Waals surface area (Å²) in [6.07, 6.45) is 3.88. The lowest BCUT2D eigenvalue weighted by Gasteiger charge is -2.60. The molecule has 8 atom stereocenters. The Kier molecular flexibility index (Phi) is 8.08. The van der Waals surface area contributed by atoms with E-state index >= 15 is 0 Å². The first-order chi connectivity index (χ1) is 18.3. The number of hydrogen-bond donors (Lipinski definition) is 5. The van der Waals surface area contributed by atoms with E-state index in [1.165, 1.54) is 0 Å². The molecule has 4 aliphatic carbocycles. The molecule has 0 heterocycles. The normalized spacial score (nSPS) is 38.0. The molecule has 3 fully saturated rings. The Morgan fingerprint density at radius 3 is 2.51 bits per heavy atom. The minimum atomic E-state index is -1.78. The van der Waals surface area contributed by atoms with Gasteiger partial charge in [0, 0.05) is 18.3 Å². The number of aliphatic hydroxyl groups excluding tert-OH is 2. The molecule has 4 aliphatic rings. The molecule has 1 amide bonds. The fourth-order valence-electron chi connectivity index (χ4n) is 8.16. The van der Waals surface area contributed by atoms with E-state index in [1.54, 1.807) is 6.08 Å². The van der Waals surface area contributed by atoms with Crippen LogP contribution in [0.3, 0.4) is 0 Å². The average Bonchev–Trinajstić information content (AvgIpc) is 3.15. The van der Waals surface area contributed by atoms with Gasteiger partial charge in [0.1, 0.15) is 11.6 Å². The number of esters is 1. The highest BCUT2D eigenvalue weighted by atomic mass is 16.5. The first-order valence-electron chi connectivity index (χ1n) is 13.7. The van der Waals surface area contributed by atoms with Crippen molar-refractivity contribution in [2.75, 3.05) is 13.2 Å². The molecule has 11 heteroatoms. The molecular weight excluding hydrogens is 510 g/mol. The second kappa shape index (κ2) is 10.7. The first-order valence-corrected chi connectivity index (χ1v) is 13.7. The van der Waals surface area contributed by atoms with Crippen LogP contribution in [-0.2, 0) is 28.7 Å². The number of hydrogen-bond acceptors (Lipinski definition) is 9. The van der Waals surface area contributed by atoms with Crippen LogP contribution in [0.15, 0.2) is 11.6 Å². The highest BCUT2D eigenvalue weighted by Gasteiger charge is 2.68. The number of carboxylic acids is 1. The monoisotopic (exact) mass is 549 g/mol. The van der Waals surface area contributed by atoms with Crippen molar-refractivity contribution in [3.05, 3.63) is 11.6 Å². The number of aliphatic carboxylic acids is 1. The van der Waals surface area contributed by atoms with Crippen LogP contribution in [0, 0.1) is 28.6 Å². The number of nitrogens with one attached hydrogen (secondary N) is 1. The summed E-state index contributed by atoms with van der Waals surface area (Å²) >= 11 is 0. The van der Waals surface area contributed by atoms with Crippen molar-refractivity contribution < 1.29 is 49.1 Å². The molecule has 0 aromatic rings. The summed E-state index contributed by atoms with van der Waals surface area (Å²) in [4.78, 5) is 60.3. The number of ether oxygens (including phenoxy) is 1. The zero-order chi connectivity index (χ0) is 28.8. The van der Waals surface area contributed by atoms with E-state index in [4.69, 9.17) is 14.9 Å². The predicted octanol–water partition coefficient (Wildman–Crippen LogP) is 0.674. The highest BCUT2D eigenvalue weighted by Crippen LogP contribution is 2.67.